The molecule has 1 aliphatic heterocycles. The highest BCUT2D eigenvalue weighted by Gasteiger charge is 2.38. The van der Waals surface area contributed by atoms with Crippen molar-refractivity contribution in [1.82, 2.24) is 10.2 Å². The lowest BCUT2D eigenvalue weighted by Crippen LogP contribution is -2.54. The van der Waals surface area contributed by atoms with Crippen LogP contribution in [0.25, 0.3) is 0 Å². The van der Waals surface area contributed by atoms with Gasteiger partial charge in [-0.15, -0.1) is 12.4 Å². The fraction of sp³-hybridized carbons (Fsp3) is 0.833. The van der Waals surface area contributed by atoms with Crippen molar-refractivity contribution in [2.75, 3.05) is 19.6 Å². The minimum absolute atomic E-state index is 0. The maximum atomic E-state index is 12.5. The molecule has 0 saturated carbocycles. The predicted molar refractivity (Wildman–Crippen MR) is 73.5 cm³/mol. The summed E-state index contributed by atoms with van der Waals surface area (Å²) in [4.78, 5) is 25.1. The Morgan fingerprint density at radius 2 is 2.06 bits per heavy atom. The second-order valence-corrected chi connectivity index (χ2v) is 5.33. The first-order valence-corrected chi connectivity index (χ1v) is 6.17. The van der Waals surface area contributed by atoms with E-state index in [2.05, 4.69) is 5.32 Å². The lowest BCUT2D eigenvalue weighted by molar-refractivity contribution is -0.146. The van der Waals surface area contributed by atoms with E-state index in [-0.39, 0.29) is 30.9 Å². The van der Waals surface area contributed by atoms with Crippen molar-refractivity contribution in [3.8, 4) is 0 Å². The highest BCUT2D eigenvalue weighted by atomic mass is 35.5. The number of nitrogens with one attached hydrogen (secondary N) is 1. The summed E-state index contributed by atoms with van der Waals surface area (Å²) in [6.07, 6.45) is 1.85. The van der Waals surface area contributed by atoms with E-state index in [9.17, 15) is 9.59 Å². The molecule has 1 saturated heterocycles. The number of primary amides is 1. The van der Waals surface area contributed by atoms with Gasteiger partial charge in [-0.2, -0.15) is 0 Å². The third-order valence-electron chi connectivity index (χ3n) is 3.32. The van der Waals surface area contributed by atoms with Crippen LogP contribution in [0.4, 0.5) is 0 Å². The SMILES string of the molecule is CC(C)N(CC(N)=O)C(=O)C1(C)CCCNC1.Cl. The molecule has 3 N–H and O–H groups in total. The highest BCUT2D eigenvalue weighted by molar-refractivity contribution is 5.87. The number of piperidine rings is 1. The van der Waals surface area contributed by atoms with Crippen molar-refractivity contribution in [2.24, 2.45) is 11.1 Å². The number of carbonyl (C=O) groups is 2. The molecular weight excluding hydrogens is 254 g/mol. The van der Waals surface area contributed by atoms with E-state index in [0.29, 0.717) is 6.54 Å². The first-order chi connectivity index (χ1) is 7.87. The minimum Gasteiger partial charge on any atom is -0.368 e. The molecule has 18 heavy (non-hydrogen) atoms. The molecule has 1 heterocycles. The highest BCUT2D eigenvalue weighted by Crippen LogP contribution is 2.28. The Hall–Kier alpha value is -0.810. The topological polar surface area (TPSA) is 75.4 Å². The van der Waals surface area contributed by atoms with Crippen LogP contribution in [0.2, 0.25) is 0 Å². The van der Waals surface area contributed by atoms with Gasteiger partial charge in [0.15, 0.2) is 0 Å². The van der Waals surface area contributed by atoms with Crippen LogP contribution in [0.15, 0.2) is 0 Å². The fourth-order valence-electron chi connectivity index (χ4n) is 2.24. The van der Waals surface area contributed by atoms with Gasteiger partial charge in [-0.25, -0.2) is 0 Å². The molecule has 0 radical (unpaired) electrons. The summed E-state index contributed by atoms with van der Waals surface area (Å²) in [5, 5.41) is 3.24. The number of hydrogen-bond acceptors (Lipinski definition) is 3. The molecule has 106 valence electrons. The smallest absolute Gasteiger partial charge is 0.237 e. The molecule has 0 spiro atoms. The summed E-state index contributed by atoms with van der Waals surface area (Å²) in [5.74, 6) is -0.432. The number of hydrogen-bond donors (Lipinski definition) is 2. The van der Waals surface area contributed by atoms with Gasteiger partial charge in [0.1, 0.15) is 0 Å². The zero-order valence-corrected chi connectivity index (χ0v) is 12.2. The Bertz CT molecular complexity index is 302. The van der Waals surface area contributed by atoms with Gasteiger partial charge in [-0.05, 0) is 40.2 Å². The zero-order valence-electron chi connectivity index (χ0n) is 11.4. The maximum absolute atomic E-state index is 12.5. The third-order valence-corrected chi connectivity index (χ3v) is 3.32. The molecule has 0 aliphatic carbocycles. The monoisotopic (exact) mass is 277 g/mol. The molecule has 5 nitrogen and oxygen atoms in total. The normalized spacial score (nSPS) is 23.3. The van der Waals surface area contributed by atoms with E-state index in [1.54, 1.807) is 4.90 Å². The van der Waals surface area contributed by atoms with E-state index < -0.39 is 11.3 Å². The molecule has 0 aromatic carbocycles. The molecule has 0 bridgehead atoms. The van der Waals surface area contributed by atoms with Crippen LogP contribution in [0.3, 0.4) is 0 Å². The van der Waals surface area contributed by atoms with E-state index in [1.165, 1.54) is 0 Å². The van der Waals surface area contributed by atoms with E-state index in [0.717, 1.165) is 19.4 Å². The summed E-state index contributed by atoms with van der Waals surface area (Å²) in [6, 6.07) is -0.00579. The number of halogens is 1. The largest absolute Gasteiger partial charge is 0.368 e. The first kappa shape index (κ1) is 17.2. The fourth-order valence-corrected chi connectivity index (χ4v) is 2.24. The molecule has 1 rings (SSSR count). The number of amides is 2. The Kier molecular flexibility index (Phi) is 6.63. The standard InChI is InChI=1S/C12H23N3O2.ClH/c1-9(2)15(7-10(13)16)11(17)12(3)5-4-6-14-8-12;/h9,14H,4-8H2,1-3H3,(H2,13,16);1H. The summed E-state index contributed by atoms with van der Waals surface area (Å²) in [7, 11) is 0. The molecule has 0 aromatic heterocycles. The molecule has 1 unspecified atom stereocenters. The number of nitrogens with two attached hydrogens (primary N) is 1. The van der Waals surface area contributed by atoms with E-state index >= 15 is 0 Å². The average Bonchev–Trinajstić information content (AvgIpc) is 2.25. The second kappa shape index (κ2) is 6.95. The van der Waals surface area contributed by atoms with Crippen LogP contribution in [-0.2, 0) is 9.59 Å². The summed E-state index contributed by atoms with van der Waals surface area (Å²) in [6.45, 7) is 7.40. The first-order valence-electron chi connectivity index (χ1n) is 6.17. The second-order valence-electron chi connectivity index (χ2n) is 5.33. The van der Waals surface area contributed by atoms with Crippen LogP contribution in [0, 0.1) is 5.41 Å². The van der Waals surface area contributed by atoms with Crippen molar-refractivity contribution in [3.05, 3.63) is 0 Å². The van der Waals surface area contributed by atoms with Crippen molar-refractivity contribution in [1.29, 1.82) is 0 Å². The predicted octanol–water partition coefficient (Wildman–Crippen LogP) is 0.520. The summed E-state index contributed by atoms with van der Waals surface area (Å²) < 4.78 is 0. The lowest BCUT2D eigenvalue weighted by atomic mass is 9.81. The summed E-state index contributed by atoms with van der Waals surface area (Å²) in [5.41, 5.74) is 4.79. The van der Waals surface area contributed by atoms with E-state index in [4.69, 9.17) is 5.73 Å². The maximum Gasteiger partial charge on any atom is 0.237 e. The van der Waals surface area contributed by atoms with Gasteiger partial charge in [-0.1, -0.05) is 0 Å². The lowest BCUT2D eigenvalue weighted by Gasteiger charge is -2.38. The van der Waals surface area contributed by atoms with Gasteiger partial charge < -0.3 is 16.0 Å². The van der Waals surface area contributed by atoms with Crippen LogP contribution in [0.1, 0.15) is 33.6 Å². The van der Waals surface area contributed by atoms with Crippen molar-refractivity contribution >= 4 is 24.2 Å². The van der Waals surface area contributed by atoms with Crippen LogP contribution in [0.5, 0.6) is 0 Å². The van der Waals surface area contributed by atoms with Crippen LogP contribution in [-0.4, -0.2) is 42.4 Å². The van der Waals surface area contributed by atoms with E-state index in [1.807, 2.05) is 20.8 Å². The molecule has 6 heteroatoms. The molecule has 1 atom stereocenters. The Labute approximate surface area is 115 Å². The van der Waals surface area contributed by atoms with Gasteiger partial charge in [0.2, 0.25) is 11.8 Å². The summed E-state index contributed by atoms with van der Waals surface area (Å²) >= 11 is 0. The molecule has 0 aromatic rings. The van der Waals surface area contributed by atoms with Gasteiger partial charge >= 0.3 is 0 Å². The molecule has 2 amide bonds. The number of rotatable bonds is 4. The van der Waals surface area contributed by atoms with Crippen LogP contribution < -0.4 is 11.1 Å². The van der Waals surface area contributed by atoms with Crippen molar-refractivity contribution in [3.63, 3.8) is 0 Å². The van der Waals surface area contributed by atoms with Gasteiger partial charge in [0.05, 0.1) is 12.0 Å². The Balaban J connectivity index is 0.00000289. The molecule has 1 fully saturated rings. The quantitative estimate of drug-likeness (QED) is 0.787. The average molecular weight is 278 g/mol. The van der Waals surface area contributed by atoms with Gasteiger partial charge in [-0.3, -0.25) is 9.59 Å². The number of nitrogens with zero attached hydrogens (tertiary/aromatic N) is 1. The zero-order chi connectivity index (χ0) is 13.1. The molecular formula is C12H24ClN3O2. The van der Waals surface area contributed by atoms with Gasteiger partial charge in [0.25, 0.3) is 0 Å². The van der Waals surface area contributed by atoms with Crippen molar-refractivity contribution in [2.45, 2.75) is 39.7 Å². The Morgan fingerprint density at radius 3 is 2.44 bits per heavy atom. The van der Waals surface area contributed by atoms with Crippen LogP contribution >= 0.6 is 12.4 Å². The third kappa shape index (κ3) is 4.14. The minimum atomic E-state index is -0.459. The van der Waals surface area contributed by atoms with Crippen molar-refractivity contribution < 1.29 is 9.59 Å². The molecule has 1 aliphatic rings. The Morgan fingerprint density at radius 1 is 1.44 bits per heavy atom. The number of carbonyl (C=O) groups excluding carboxylic acids is 2. The van der Waals surface area contributed by atoms with Gasteiger partial charge in [0, 0.05) is 12.6 Å².